The molecule has 0 saturated heterocycles. The maximum absolute atomic E-state index is 4.11. The van der Waals surface area contributed by atoms with Crippen molar-refractivity contribution < 1.29 is 0 Å². The highest BCUT2D eigenvalue weighted by Crippen LogP contribution is 2.45. The molecule has 314 valence electrons. The van der Waals surface area contributed by atoms with Crippen molar-refractivity contribution in [1.82, 2.24) is 0 Å². The molecule has 0 aliphatic carbocycles. The van der Waals surface area contributed by atoms with Gasteiger partial charge in [-0.05, 0) is 153 Å². The maximum Gasteiger partial charge on any atom is 0.0473 e. The van der Waals surface area contributed by atoms with Crippen LogP contribution in [-0.4, -0.2) is 0 Å². The van der Waals surface area contributed by atoms with Crippen molar-refractivity contribution in [2.75, 3.05) is 9.80 Å². The smallest absolute Gasteiger partial charge is 0.0473 e. The fourth-order valence-electron chi connectivity index (χ4n) is 9.39. The quantitative estimate of drug-likeness (QED) is 0.120. The lowest BCUT2D eigenvalue weighted by molar-refractivity contribution is 1.29. The van der Waals surface area contributed by atoms with Gasteiger partial charge in [-0.25, -0.2) is 0 Å². The lowest BCUT2D eigenvalue weighted by Gasteiger charge is -2.27. The Balaban J connectivity index is 1.02. The van der Waals surface area contributed by atoms with Gasteiger partial charge in [0.05, 0.1) is 0 Å². The average molecular weight is 863 g/mol. The van der Waals surface area contributed by atoms with E-state index < -0.39 is 0 Å². The second-order valence-corrected chi connectivity index (χ2v) is 17.6. The average Bonchev–Trinajstić information content (AvgIpc) is 3.74. The summed E-state index contributed by atoms with van der Waals surface area (Å²) in [7, 11) is 0. The van der Waals surface area contributed by atoms with E-state index in [0.29, 0.717) is 0 Å². The van der Waals surface area contributed by atoms with Gasteiger partial charge in [-0.1, -0.05) is 164 Å². The number of anilines is 6. The van der Waals surface area contributed by atoms with Crippen LogP contribution in [0, 0.1) is 0 Å². The molecule has 2 nitrogen and oxygen atoms in total. The Morgan fingerprint density at radius 1 is 0.379 bits per heavy atom. The van der Waals surface area contributed by atoms with E-state index in [-0.39, 0.29) is 0 Å². The van der Waals surface area contributed by atoms with Crippen LogP contribution < -0.4 is 9.80 Å². The fourth-order valence-corrected chi connectivity index (χ4v) is 10.4. The van der Waals surface area contributed by atoms with Gasteiger partial charge in [0, 0.05) is 54.7 Å². The van der Waals surface area contributed by atoms with E-state index in [1.807, 2.05) is 6.08 Å². The summed E-state index contributed by atoms with van der Waals surface area (Å²) in [5.41, 5.74) is 14.9. The number of hydrogen-bond donors (Lipinski definition) is 0. The van der Waals surface area contributed by atoms with Gasteiger partial charge < -0.3 is 9.80 Å². The lowest BCUT2D eigenvalue weighted by atomic mass is 9.92. The molecule has 10 aromatic carbocycles. The number of thiophene rings is 1. The molecule has 0 aliphatic heterocycles. The Hall–Kier alpha value is -8.24. The molecule has 0 unspecified atom stereocenters. The zero-order chi connectivity index (χ0) is 44.4. The summed E-state index contributed by atoms with van der Waals surface area (Å²) in [5.74, 6) is 0. The summed E-state index contributed by atoms with van der Waals surface area (Å²) in [6.07, 6.45) is 6.27. The highest BCUT2D eigenvalue weighted by Gasteiger charge is 2.19. The first-order valence-electron chi connectivity index (χ1n) is 22.5. The van der Waals surface area contributed by atoms with Gasteiger partial charge >= 0.3 is 0 Å². The third-order valence-electron chi connectivity index (χ3n) is 12.5. The summed E-state index contributed by atoms with van der Waals surface area (Å²) in [5, 5.41) is 6.08. The molecule has 0 saturated carbocycles. The van der Waals surface area contributed by atoms with Crippen LogP contribution in [0.25, 0.3) is 77.2 Å². The van der Waals surface area contributed by atoms with Crippen LogP contribution >= 0.6 is 11.3 Å². The molecule has 11 aromatic rings. The summed E-state index contributed by atoms with van der Waals surface area (Å²) in [4.78, 5) is 5.94. The monoisotopic (exact) mass is 862 g/mol. The number of para-hydroxylation sites is 2. The predicted octanol–water partition coefficient (Wildman–Crippen LogP) is 18.8. The van der Waals surface area contributed by atoms with Crippen molar-refractivity contribution in [1.29, 1.82) is 0 Å². The SMILES string of the molecule is C=Cc1sc2ccc(N(c3ccccc3)c3ccc(-c4cc5ccc(N(c6ccccc6)c6cc(-c7ccccc7)cc(-c7ccccc7)c6)cc5c5ccccc45)cc3)cc2c1/C=C\C. The van der Waals surface area contributed by atoms with Crippen molar-refractivity contribution >= 4 is 89.2 Å². The molecule has 0 spiro atoms. The van der Waals surface area contributed by atoms with E-state index in [4.69, 9.17) is 0 Å². The van der Waals surface area contributed by atoms with E-state index in [2.05, 4.69) is 266 Å². The molecule has 1 aromatic heterocycles. The highest BCUT2D eigenvalue weighted by atomic mass is 32.1. The van der Waals surface area contributed by atoms with Crippen LogP contribution in [-0.2, 0) is 0 Å². The van der Waals surface area contributed by atoms with Gasteiger partial charge in [-0.2, -0.15) is 0 Å². The van der Waals surface area contributed by atoms with Crippen molar-refractivity contribution in [3.05, 3.63) is 254 Å². The first-order chi connectivity index (χ1) is 32.6. The third kappa shape index (κ3) is 7.66. The zero-order valence-electron chi connectivity index (χ0n) is 36.7. The van der Waals surface area contributed by atoms with E-state index >= 15 is 0 Å². The first kappa shape index (κ1) is 40.5. The zero-order valence-corrected chi connectivity index (χ0v) is 37.5. The minimum absolute atomic E-state index is 1.10. The molecule has 0 amide bonds. The Kier molecular flexibility index (Phi) is 10.9. The minimum atomic E-state index is 1.10. The molecule has 0 bridgehead atoms. The van der Waals surface area contributed by atoms with Gasteiger partial charge in [0.25, 0.3) is 0 Å². The van der Waals surface area contributed by atoms with Crippen LogP contribution in [0.2, 0.25) is 0 Å². The maximum atomic E-state index is 4.11. The molecule has 0 aliphatic rings. The number of nitrogens with zero attached hydrogens (tertiary/aromatic N) is 2. The van der Waals surface area contributed by atoms with Crippen LogP contribution in [0.4, 0.5) is 34.1 Å². The molecule has 0 fully saturated rings. The van der Waals surface area contributed by atoms with E-state index in [0.717, 1.165) is 34.1 Å². The molecule has 3 heteroatoms. The molecule has 11 rings (SSSR count). The molecular weight excluding hydrogens is 817 g/mol. The molecule has 1 heterocycles. The molecule has 0 N–H and O–H groups in total. The minimum Gasteiger partial charge on any atom is -0.310 e. The predicted molar refractivity (Wildman–Crippen MR) is 287 cm³/mol. The number of allylic oxidation sites excluding steroid dienone is 1. The normalized spacial score (nSPS) is 11.4. The second kappa shape index (κ2) is 17.7. The van der Waals surface area contributed by atoms with Crippen molar-refractivity contribution in [2.45, 2.75) is 6.92 Å². The molecular formula is C63H46N2S. The molecule has 0 atom stereocenters. The summed E-state index contributed by atoms with van der Waals surface area (Å²) < 4.78 is 1.25. The van der Waals surface area contributed by atoms with Crippen LogP contribution in [0.1, 0.15) is 17.4 Å². The van der Waals surface area contributed by atoms with Crippen molar-refractivity contribution in [2.24, 2.45) is 0 Å². The Morgan fingerprint density at radius 3 is 1.47 bits per heavy atom. The van der Waals surface area contributed by atoms with Gasteiger partial charge in [0.1, 0.15) is 0 Å². The standard InChI is InChI=1S/C63H46N2S/c1-3-19-58-61-43-54(36-37-63(61)66-62(58)4-2)64(50-24-13-7-14-25-50)52-33-30-46(31-34-52)59-41-47-32-35-53(42-60(47)57-29-18-17-28-56(57)59)65(51-26-15-8-16-27-51)55-39-48(44-20-9-5-10-21-44)38-49(40-55)45-22-11-6-12-23-45/h3-43H,2H2,1H3/b19-3-. The van der Waals surface area contributed by atoms with Crippen LogP contribution in [0.5, 0.6) is 0 Å². The number of hydrogen-bond acceptors (Lipinski definition) is 3. The van der Waals surface area contributed by atoms with Gasteiger partial charge in [0.15, 0.2) is 0 Å². The number of rotatable bonds is 11. The number of fused-ring (bicyclic) bond motifs is 4. The summed E-state index contributed by atoms with van der Waals surface area (Å²) >= 11 is 1.79. The van der Waals surface area contributed by atoms with Gasteiger partial charge in [-0.3, -0.25) is 0 Å². The lowest BCUT2D eigenvalue weighted by Crippen LogP contribution is -2.10. The van der Waals surface area contributed by atoms with Crippen molar-refractivity contribution in [3.63, 3.8) is 0 Å². The second-order valence-electron chi connectivity index (χ2n) is 16.5. The van der Waals surface area contributed by atoms with Crippen molar-refractivity contribution in [3.8, 4) is 33.4 Å². The van der Waals surface area contributed by atoms with E-state index in [1.54, 1.807) is 11.3 Å². The Labute approximate surface area is 390 Å². The largest absolute Gasteiger partial charge is 0.310 e. The van der Waals surface area contributed by atoms with Crippen LogP contribution in [0.15, 0.2) is 243 Å². The van der Waals surface area contributed by atoms with Crippen LogP contribution in [0.3, 0.4) is 0 Å². The van der Waals surface area contributed by atoms with E-state index in [1.165, 1.54) is 75.5 Å². The molecule has 66 heavy (non-hydrogen) atoms. The van der Waals surface area contributed by atoms with Gasteiger partial charge in [-0.15, -0.1) is 11.3 Å². The Bertz CT molecular complexity index is 3480. The molecule has 0 radical (unpaired) electrons. The first-order valence-corrected chi connectivity index (χ1v) is 23.3. The van der Waals surface area contributed by atoms with E-state index in [9.17, 15) is 0 Å². The number of benzene rings is 10. The fraction of sp³-hybridized carbons (Fsp3) is 0.0159. The third-order valence-corrected chi connectivity index (χ3v) is 13.7. The topological polar surface area (TPSA) is 6.48 Å². The summed E-state index contributed by atoms with van der Waals surface area (Å²) in [6.45, 7) is 6.18. The summed E-state index contributed by atoms with van der Waals surface area (Å²) in [6, 6.07) is 83.7. The highest BCUT2D eigenvalue weighted by molar-refractivity contribution is 7.20. The van der Waals surface area contributed by atoms with Gasteiger partial charge in [0.2, 0.25) is 0 Å². The Morgan fingerprint density at radius 2 is 0.879 bits per heavy atom.